The molecule has 110 valence electrons. The molecule has 2 aliphatic heterocycles. The zero-order chi connectivity index (χ0) is 14.7. The number of aliphatic imine (C=N–C) groups is 1. The highest BCUT2D eigenvalue weighted by molar-refractivity contribution is 8.15. The number of nitrogens with zero attached hydrogens (tertiary/aromatic N) is 2. The van der Waals surface area contributed by atoms with Crippen molar-refractivity contribution in [3.8, 4) is 0 Å². The maximum atomic E-state index is 12.2. The molecule has 1 aromatic rings. The Kier molecular flexibility index (Phi) is 4.39. The Balaban J connectivity index is 1.61. The third kappa shape index (κ3) is 3.35. The predicted octanol–water partition coefficient (Wildman–Crippen LogP) is 2.80. The number of carbonyl (C=O) groups excluding carboxylic acids is 2. The van der Waals surface area contributed by atoms with Crippen molar-refractivity contribution in [2.24, 2.45) is 4.99 Å². The van der Waals surface area contributed by atoms with E-state index in [1.807, 2.05) is 35.2 Å². The molecule has 3 rings (SSSR count). The van der Waals surface area contributed by atoms with Crippen LogP contribution in [0.25, 0.3) is 0 Å². The molecule has 0 radical (unpaired) electrons. The van der Waals surface area contributed by atoms with Gasteiger partial charge in [-0.2, -0.15) is 0 Å². The second-order valence-corrected chi connectivity index (χ2v) is 6.55. The molecule has 21 heavy (non-hydrogen) atoms. The number of hydrogen-bond acceptors (Lipinski definition) is 3. The second-order valence-electron chi connectivity index (χ2n) is 5.37. The highest BCUT2D eigenvalue weighted by Gasteiger charge is 2.31. The summed E-state index contributed by atoms with van der Waals surface area (Å²) >= 11 is 1.42. The zero-order valence-electron chi connectivity index (χ0n) is 11.8. The minimum absolute atomic E-state index is 0.0995. The summed E-state index contributed by atoms with van der Waals surface area (Å²) in [7, 11) is 0. The van der Waals surface area contributed by atoms with Crippen LogP contribution in [0.2, 0.25) is 0 Å². The fourth-order valence-corrected chi connectivity index (χ4v) is 3.77. The lowest BCUT2D eigenvalue weighted by molar-refractivity contribution is -0.130. The Labute approximate surface area is 128 Å². The van der Waals surface area contributed by atoms with Gasteiger partial charge < -0.3 is 4.90 Å². The Hall–Kier alpha value is -1.62. The van der Waals surface area contributed by atoms with Gasteiger partial charge in [0.1, 0.15) is 5.25 Å². The number of amides is 2. The van der Waals surface area contributed by atoms with E-state index >= 15 is 0 Å². The molecule has 1 aromatic carbocycles. The van der Waals surface area contributed by atoms with Crippen LogP contribution in [0.1, 0.15) is 36.5 Å². The van der Waals surface area contributed by atoms with E-state index in [0.717, 1.165) is 31.5 Å². The molecule has 4 nitrogen and oxygen atoms in total. The summed E-state index contributed by atoms with van der Waals surface area (Å²) in [4.78, 5) is 30.2. The molecule has 1 unspecified atom stereocenters. The first-order chi connectivity index (χ1) is 10.2. The van der Waals surface area contributed by atoms with E-state index in [-0.39, 0.29) is 23.5 Å². The predicted molar refractivity (Wildman–Crippen MR) is 84.3 cm³/mol. The van der Waals surface area contributed by atoms with E-state index < -0.39 is 0 Å². The van der Waals surface area contributed by atoms with Crippen LogP contribution < -0.4 is 0 Å². The van der Waals surface area contributed by atoms with E-state index in [4.69, 9.17) is 0 Å². The number of likely N-dealkylation sites (tertiary alicyclic amines) is 1. The van der Waals surface area contributed by atoms with Gasteiger partial charge in [-0.05, 0) is 24.8 Å². The lowest BCUT2D eigenvalue weighted by Crippen LogP contribution is -2.36. The molecule has 1 fully saturated rings. The molecule has 2 amide bonds. The normalized spacial score (nSPS) is 22.3. The minimum Gasteiger partial charge on any atom is -0.342 e. The third-order valence-corrected chi connectivity index (χ3v) is 5.04. The van der Waals surface area contributed by atoms with Gasteiger partial charge >= 0.3 is 0 Å². The highest BCUT2D eigenvalue weighted by Crippen LogP contribution is 2.37. The molecule has 2 aliphatic rings. The van der Waals surface area contributed by atoms with Crippen LogP contribution in [0.4, 0.5) is 0 Å². The summed E-state index contributed by atoms with van der Waals surface area (Å²) < 4.78 is 0. The van der Waals surface area contributed by atoms with Crippen LogP contribution in [0.3, 0.4) is 0 Å². The fourth-order valence-electron chi connectivity index (χ4n) is 2.70. The maximum absolute atomic E-state index is 12.2. The van der Waals surface area contributed by atoms with Crippen molar-refractivity contribution in [2.75, 3.05) is 13.1 Å². The molecule has 0 bridgehead atoms. The van der Waals surface area contributed by atoms with Crippen LogP contribution in [-0.4, -0.2) is 34.8 Å². The number of rotatable bonds is 3. The maximum Gasteiger partial charge on any atom is 0.264 e. The fraction of sp³-hybridized carbons (Fsp3) is 0.438. The summed E-state index contributed by atoms with van der Waals surface area (Å²) in [6.45, 7) is 1.68. The first-order valence-corrected chi connectivity index (χ1v) is 8.23. The van der Waals surface area contributed by atoms with Crippen molar-refractivity contribution in [1.82, 2.24) is 4.90 Å². The number of benzene rings is 1. The number of hydrogen-bond donors (Lipinski definition) is 0. The van der Waals surface area contributed by atoms with Crippen molar-refractivity contribution >= 4 is 28.6 Å². The van der Waals surface area contributed by atoms with E-state index in [1.54, 1.807) is 0 Å². The zero-order valence-corrected chi connectivity index (χ0v) is 12.6. The van der Waals surface area contributed by atoms with Gasteiger partial charge in [0.2, 0.25) is 5.91 Å². The molecule has 1 saturated heterocycles. The first kappa shape index (κ1) is 14.3. The summed E-state index contributed by atoms with van der Waals surface area (Å²) in [5.41, 5.74) is 0.955. The van der Waals surface area contributed by atoms with E-state index in [2.05, 4.69) is 4.99 Å². The molecular weight excluding hydrogens is 284 g/mol. The molecule has 0 saturated carbocycles. The van der Waals surface area contributed by atoms with Gasteiger partial charge in [0.05, 0.1) is 11.5 Å². The van der Waals surface area contributed by atoms with Gasteiger partial charge in [-0.3, -0.25) is 9.59 Å². The van der Waals surface area contributed by atoms with Gasteiger partial charge in [0.15, 0.2) is 0 Å². The standard InChI is InChI=1S/C16H18N2O2S/c19-14(18-9-5-2-6-10-18)11-13-17-16(20)15(21-13)12-7-3-1-4-8-12/h1,3-4,7-8,15H,2,5-6,9-11H2. The smallest absolute Gasteiger partial charge is 0.264 e. The van der Waals surface area contributed by atoms with Gasteiger partial charge in [-0.1, -0.05) is 42.1 Å². The summed E-state index contributed by atoms with van der Waals surface area (Å²) in [6, 6.07) is 9.62. The Morgan fingerprint density at radius 2 is 1.90 bits per heavy atom. The Morgan fingerprint density at radius 1 is 1.19 bits per heavy atom. The molecule has 0 spiro atoms. The molecule has 5 heteroatoms. The van der Waals surface area contributed by atoms with Crippen LogP contribution >= 0.6 is 11.8 Å². The number of piperidine rings is 1. The van der Waals surface area contributed by atoms with Gasteiger partial charge in [0.25, 0.3) is 5.91 Å². The van der Waals surface area contributed by atoms with Gasteiger partial charge in [0, 0.05) is 13.1 Å². The number of carbonyl (C=O) groups is 2. The summed E-state index contributed by atoms with van der Waals surface area (Å²) in [6.07, 6.45) is 3.63. The average Bonchev–Trinajstić information content (AvgIpc) is 2.89. The summed E-state index contributed by atoms with van der Waals surface area (Å²) in [5.74, 6) is -0.0462. The van der Waals surface area contributed by atoms with Crippen molar-refractivity contribution in [1.29, 1.82) is 0 Å². The molecule has 0 aromatic heterocycles. The second kappa shape index (κ2) is 6.43. The molecule has 0 N–H and O–H groups in total. The van der Waals surface area contributed by atoms with Gasteiger partial charge in [-0.25, -0.2) is 4.99 Å². The highest BCUT2D eigenvalue weighted by atomic mass is 32.2. The largest absolute Gasteiger partial charge is 0.342 e. The SMILES string of the molecule is O=C1N=C(CC(=O)N2CCCCC2)SC1c1ccccc1. The van der Waals surface area contributed by atoms with Crippen LogP contribution in [0.5, 0.6) is 0 Å². The molecule has 0 aliphatic carbocycles. The first-order valence-electron chi connectivity index (χ1n) is 7.35. The third-order valence-electron chi connectivity index (χ3n) is 3.83. The van der Waals surface area contributed by atoms with Crippen LogP contribution in [0, 0.1) is 0 Å². The van der Waals surface area contributed by atoms with Crippen LogP contribution in [0.15, 0.2) is 35.3 Å². The number of thioether (sulfide) groups is 1. The van der Waals surface area contributed by atoms with E-state index in [0.29, 0.717) is 5.04 Å². The topological polar surface area (TPSA) is 49.7 Å². The Morgan fingerprint density at radius 3 is 2.62 bits per heavy atom. The minimum atomic E-state index is -0.282. The molecule has 1 atom stereocenters. The molecule has 2 heterocycles. The van der Waals surface area contributed by atoms with Crippen molar-refractivity contribution < 1.29 is 9.59 Å². The molecular formula is C16H18N2O2S. The van der Waals surface area contributed by atoms with Crippen molar-refractivity contribution in [3.63, 3.8) is 0 Å². The monoisotopic (exact) mass is 302 g/mol. The average molecular weight is 302 g/mol. The lowest BCUT2D eigenvalue weighted by Gasteiger charge is -2.26. The van der Waals surface area contributed by atoms with Crippen LogP contribution in [-0.2, 0) is 9.59 Å². The summed E-state index contributed by atoms with van der Waals surface area (Å²) in [5, 5.41) is 0.375. The van der Waals surface area contributed by atoms with Crippen molar-refractivity contribution in [3.05, 3.63) is 35.9 Å². The van der Waals surface area contributed by atoms with E-state index in [9.17, 15) is 9.59 Å². The van der Waals surface area contributed by atoms with Crippen molar-refractivity contribution in [2.45, 2.75) is 30.9 Å². The Bertz CT molecular complexity index is 565. The van der Waals surface area contributed by atoms with E-state index in [1.165, 1.54) is 18.2 Å². The quantitative estimate of drug-likeness (QED) is 0.862. The lowest BCUT2D eigenvalue weighted by atomic mass is 10.1. The van der Waals surface area contributed by atoms with Gasteiger partial charge in [-0.15, -0.1) is 0 Å².